The van der Waals surface area contributed by atoms with E-state index in [4.69, 9.17) is 18.9 Å². The highest BCUT2D eigenvalue weighted by Crippen LogP contribution is 2.43. The number of pyridine rings is 1. The van der Waals surface area contributed by atoms with E-state index in [9.17, 15) is 4.79 Å². The molecule has 2 aliphatic rings. The summed E-state index contributed by atoms with van der Waals surface area (Å²) in [4.78, 5) is 15.9. The van der Waals surface area contributed by atoms with Crippen molar-refractivity contribution >= 4 is 17.9 Å². The normalized spacial score (nSPS) is 19.5. The van der Waals surface area contributed by atoms with E-state index in [1.54, 1.807) is 19.2 Å². The summed E-state index contributed by atoms with van der Waals surface area (Å²) < 4.78 is 26.0. The van der Waals surface area contributed by atoms with Crippen molar-refractivity contribution in [2.45, 2.75) is 18.4 Å². The number of carbonyl (C=O) groups excluding carboxylic acids is 1. The van der Waals surface area contributed by atoms with Crippen LogP contribution in [0.25, 0.3) is 0 Å². The SMILES string of the molecule is COc1cccc(Oc2cccc3c2OCC3Oc2ccc(C3CSNC(=O)C3)cc2)n1. The van der Waals surface area contributed by atoms with Crippen LogP contribution in [0, 0.1) is 0 Å². The van der Waals surface area contributed by atoms with E-state index in [0.29, 0.717) is 36.3 Å². The molecule has 0 aliphatic carbocycles. The largest absolute Gasteiger partial charge is 0.485 e. The molecule has 1 fully saturated rings. The Hall–Kier alpha value is -3.39. The molecule has 5 rings (SSSR count). The minimum absolute atomic E-state index is 0.0773. The molecular formula is C24H22N2O5S. The van der Waals surface area contributed by atoms with Crippen LogP contribution >= 0.6 is 11.9 Å². The van der Waals surface area contributed by atoms with Crippen molar-refractivity contribution in [3.8, 4) is 29.0 Å². The number of aromatic nitrogens is 1. The molecule has 0 radical (unpaired) electrons. The topological polar surface area (TPSA) is 78.9 Å². The van der Waals surface area contributed by atoms with Crippen molar-refractivity contribution in [2.75, 3.05) is 19.5 Å². The van der Waals surface area contributed by atoms with Gasteiger partial charge in [0.2, 0.25) is 17.7 Å². The Morgan fingerprint density at radius 1 is 1.06 bits per heavy atom. The number of benzene rings is 2. The Bertz CT molecular complexity index is 1120. The molecule has 7 nitrogen and oxygen atoms in total. The Morgan fingerprint density at radius 3 is 2.69 bits per heavy atom. The minimum atomic E-state index is -0.242. The van der Waals surface area contributed by atoms with Crippen LogP contribution in [-0.4, -0.2) is 30.4 Å². The van der Waals surface area contributed by atoms with Gasteiger partial charge >= 0.3 is 0 Å². The van der Waals surface area contributed by atoms with Crippen molar-refractivity contribution in [1.29, 1.82) is 0 Å². The highest BCUT2D eigenvalue weighted by Gasteiger charge is 2.29. The zero-order chi connectivity index (χ0) is 21.9. The zero-order valence-electron chi connectivity index (χ0n) is 17.4. The molecule has 1 N–H and O–H groups in total. The molecule has 8 heteroatoms. The molecule has 0 saturated carbocycles. The van der Waals surface area contributed by atoms with Crippen LogP contribution in [0.3, 0.4) is 0 Å². The zero-order valence-corrected chi connectivity index (χ0v) is 18.3. The van der Waals surface area contributed by atoms with E-state index in [2.05, 4.69) is 9.71 Å². The van der Waals surface area contributed by atoms with Crippen LogP contribution < -0.4 is 23.7 Å². The number of rotatable bonds is 6. The number of fused-ring (bicyclic) bond motifs is 1. The van der Waals surface area contributed by atoms with Crippen molar-refractivity contribution in [1.82, 2.24) is 9.71 Å². The third kappa shape index (κ3) is 4.31. The van der Waals surface area contributed by atoms with Gasteiger partial charge in [0.05, 0.1) is 7.11 Å². The number of nitrogens with zero attached hydrogens (tertiary/aromatic N) is 1. The van der Waals surface area contributed by atoms with E-state index in [1.807, 2.05) is 48.5 Å². The first-order valence-corrected chi connectivity index (χ1v) is 11.3. The molecule has 32 heavy (non-hydrogen) atoms. The Kier molecular flexibility index (Phi) is 5.77. The maximum Gasteiger partial charge on any atom is 0.230 e. The molecule has 164 valence electrons. The summed E-state index contributed by atoms with van der Waals surface area (Å²) >= 11 is 1.46. The van der Waals surface area contributed by atoms with E-state index in [0.717, 1.165) is 22.6 Å². The lowest BCUT2D eigenvalue weighted by Gasteiger charge is -2.22. The molecule has 0 spiro atoms. The van der Waals surface area contributed by atoms with Crippen LogP contribution in [0.15, 0.2) is 60.7 Å². The van der Waals surface area contributed by atoms with Gasteiger partial charge in [0.1, 0.15) is 12.4 Å². The number of hydrogen-bond acceptors (Lipinski definition) is 7. The molecule has 1 aromatic heterocycles. The first-order chi connectivity index (χ1) is 15.7. The average molecular weight is 451 g/mol. The van der Waals surface area contributed by atoms with E-state index < -0.39 is 0 Å². The third-order valence-electron chi connectivity index (χ3n) is 5.39. The van der Waals surface area contributed by atoms with Crippen LogP contribution in [0.5, 0.6) is 29.0 Å². The lowest BCUT2D eigenvalue weighted by molar-refractivity contribution is -0.119. The maximum absolute atomic E-state index is 11.6. The van der Waals surface area contributed by atoms with Crippen LogP contribution in [-0.2, 0) is 4.79 Å². The average Bonchev–Trinajstić information content (AvgIpc) is 3.23. The molecular weight excluding hydrogens is 428 g/mol. The fourth-order valence-corrected chi connectivity index (χ4v) is 4.63. The number of methoxy groups -OCH3 is 1. The predicted octanol–water partition coefficient (Wildman–Crippen LogP) is 4.65. The van der Waals surface area contributed by atoms with Crippen LogP contribution in [0.2, 0.25) is 0 Å². The number of para-hydroxylation sites is 1. The van der Waals surface area contributed by atoms with E-state index >= 15 is 0 Å². The lowest BCUT2D eigenvalue weighted by atomic mass is 9.97. The van der Waals surface area contributed by atoms with E-state index in [1.165, 1.54) is 11.9 Å². The van der Waals surface area contributed by atoms with Gasteiger partial charge < -0.3 is 23.7 Å². The summed E-state index contributed by atoms with van der Waals surface area (Å²) in [6, 6.07) is 19.0. The molecule has 0 bridgehead atoms. The second kappa shape index (κ2) is 9.00. The number of carbonyl (C=O) groups is 1. The molecule has 2 aromatic carbocycles. The van der Waals surface area contributed by atoms with Gasteiger partial charge in [0.25, 0.3) is 0 Å². The Morgan fingerprint density at radius 2 is 1.88 bits per heavy atom. The van der Waals surface area contributed by atoms with E-state index in [-0.39, 0.29) is 17.9 Å². The van der Waals surface area contributed by atoms with Gasteiger partial charge in [-0.3, -0.25) is 4.79 Å². The summed E-state index contributed by atoms with van der Waals surface area (Å²) in [7, 11) is 1.56. The van der Waals surface area contributed by atoms with Crippen LogP contribution in [0.4, 0.5) is 0 Å². The van der Waals surface area contributed by atoms with Crippen molar-refractivity contribution in [3.05, 3.63) is 71.8 Å². The van der Waals surface area contributed by atoms with Gasteiger partial charge in [-0.1, -0.05) is 30.3 Å². The number of ether oxygens (including phenoxy) is 4. The van der Waals surface area contributed by atoms with Crippen molar-refractivity contribution in [3.63, 3.8) is 0 Å². The molecule has 3 heterocycles. The lowest BCUT2D eigenvalue weighted by Crippen LogP contribution is -2.26. The monoisotopic (exact) mass is 450 g/mol. The Labute approximate surface area is 190 Å². The fourth-order valence-electron chi connectivity index (χ4n) is 3.79. The summed E-state index contributed by atoms with van der Waals surface area (Å²) in [5.74, 6) is 4.08. The minimum Gasteiger partial charge on any atom is -0.485 e. The maximum atomic E-state index is 11.6. The number of amides is 1. The second-order valence-corrected chi connectivity index (χ2v) is 8.34. The predicted molar refractivity (Wildman–Crippen MR) is 121 cm³/mol. The number of hydrogen-bond donors (Lipinski definition) is 1. The second-order valence-electron chi connectivity index (χ2n) is 7.52. The first kappa shape index (κ1) is 20.5. The molecule has 2 aliphatic heterocycles. The smallest absolute Gasteiger partial charge is 0.230 e. The number of nitrogens with one attached hydrogen (secondary N) is 1. The summed E-state index contributed by atoms with van der Waals surface area (Å²) in [5, 5.41) is 0. The van der Waals surface area contributed by atoms with Gasteiger partial charge in [-0.05, 0) is 35.7 Å². The van der Waals surface area contributed by atoms with Gasteiger partial charge in [-0.15, -0.1) is 0 Å². The summed E-state index contributed by atoms with van der Waals surface area (Å²) in [6.45, 7) is 0.391. The van der Waals surface area contributed by atoms with Crippen molar-refractivity contribution < 1.29 is 23.7 Å². The Balaban J connectivity index is 1.29. The summed E-state index contributed by atoms with van der Waals surface area (Å²) in [5.41, 5.74) is 2.07. The highest BCUT2D eigenvalue weighted by molar-refractivity contribution is 7.98. The quantitative estimate of drug-likeness (QED) is 0.548. The molecule has 2 unspecified atom stereocenters. The van der Waals surface area contributed by atoms with Gasteiger partial charge in [0.15, 0.2) is 17.6 Å². The molecule has 3 aromatic rings. The van der Waals surface area contributed by atoms with Gasteiger partial charge in [-0.25, -0.2) is 0 Å². The third-order valence-corrected chi connectivity index (χ3v) is 6.33. The van der Waals surface area contributed by atoms with Gasteiger partial charge in [-0.2, -0.15) is 4.98 Å². The molecule has 1 saturated heterocycles. The fraction of sp³-hybridized carbons (Fsp3) is 0.250. The van der Waals surface area contributed by atoms with Crippen molar-refractivity contribution in [2.24, 2.45) is 0 Å². The standard InChI is InChI=1S/C24H22N2O5S/c1-28-22-6-3-7-23(25-22)31-19-5-2-4-18-20(13-29-24(18)19)30-17-10-8-15(9-11-17)16-12-21(27)26-32-14-16/h2-11,16,20H,12-14H2,1H3,(H,26,27). The molecule has 2 atom stereocenters. The first-order valence-electron chi connectivity index (χ1n) is 10.3. The van der Waals surface area contributed by atoms with Gasteiger partial charge in [0, 0.05) is 35.8 Å². The summed E-state index contributed by atoms with van der Waals surface area (Å²) in [6.07, 6.45) is 0.274. The highest BCUT2D eigenvalue weighted by atomic mass is 32.2. The molecule has 1 amide bonds. The van der Waals surface area contributed by atoms with Crippen LogP contribution in [0.1, 0.15) is 29.6 Å².